The van der Waals surface area contributed by atoms with Crippen molar-refractivity contribution >= 4 is 5.69 Å². The fraction of sp³-hybridized carbons (Fsp3) is 0.545. The molecule has 1 unspecified atom stereocenters. The lowest BCUT2D eigenvalue weighted by atomic mass is 10.0. The number of rotatable bonds is 2. The van der Waals surface area contributed by atoms with Crippen molar-refractivity contribution in [3.05, 3.63) is 28.7 Å². The quantitative estimate of drug-likeness (QED) is 0.784. The second-order valence-corrected chi connectivity index (χ2v) is 4.00. The third-order valence-electron chi connectivity index (χ3n) is 2.76. The van der Waals surface area contributed by atoms with E-state index in [9.17, 15) is 4.79 Å². The van der Waals surface area contributed by atoms with E-state index in [2.05, 4.69) is 0 Å². The molecule has 4 nitrogen and oxygen atoms in total. The van der Waals surface area contributed by atoms with E-state index in [0.29, 0.717) is 18.2 Å². The molecule has 15 heavy (non-hydrogen) atoms. The minimum absolute atomic E-state index is 0.0944. The van der Waals surface area contributed by atoms with Gasteiger partial charge in [0.15, 0.2) is 0 Å². The van der Waals surface area contributed by atoms with Crippen LogP contribution in [-0.4, -0.2) is 17.8 Å². The number of nitrogen functional groups attached to an aromatic ring is 1. The number of pyridine rings is 1. The van der Waals surface area contributed by atoms with Gasteiger partial charge in [-0.1, -0.05) is 0 Å². The van der Waals surface area contributed by atoms with Crippen molar-refractivity contribution in [3.63, 3.8) is 0 Å². The molecule has 1 aliphatic heterocycles. The molecule has 0 amide bonds. The Morgan fingerprint density at radius 2 is 2.47 bits per heavy atom. The van der Waals surface area contributed by atoms with E-state index in [0.717, 1.165) is 26.1 Å². The summed E-state index contributed by atoms with van der Waals surface area (Å²) in [4.78, 5) is 11.6. The van der Waals surface area contributed by atoms with Crippen LogP contribution in [-0.2, 0) is 11.3 Å². The number of hydrogen-bond donors (Lipinski definition) is 1. The maximum atomic E-state index is 11.6. The Morgan fingerprint density at radius 1 is 1.60 bits per heavy atom. The van der Waals surface area contributed by atoms with Gasteiger partial charge in [-0.3, -0.25) is 4.79 Å². The summed E-state index contributed by atoms with van der Waals surface area (Å²) in [6.07, 6.45) is 4.00. The molecule has 0 bridgehead atoms. The monoisotopic (exact) mass is 208 g/mol. The van der Waals surface area contributed by atoms with Gasteiger partial charge in [-0.2, -0.15) is 0 Å². The second-order valence-electron chi connectivity index (χ2n) is 4.00. The van der Waals surface area contributed by atoms with Crippen molar-refractivity contribution in [2.24, 2.45) is 5.92 Å². The lowest BCUT2D eigenvalue weighted by Gasteiger charge is -2.22. The summed E-state index contributed by atoms with van der Waals surface area (Å²) in [5.74, 6) is 0.443. The van der Waals surface area contributed by atoms with Crippen molar-refractivity contribution in [2.45, 2.75) is 19.4 Å². The van der Waals surface area contributed by atoms with Crippen LogP contribution in [0.15, 0.2) is 23.1 Å². The minimum Gasteiger partial charge on any atom is -0.394 e. The highest BCUT2D eigenvalue weighted by Crippen LogP contribution is 2.14. The van der Waals surface area contributed by atoms with E-state index < -0.39 is 0 Å². The third kappa shape index (κ3) is 2.39. The van der Waals surface area contributed by atoms with Crippen LogP contribution in [0.5, 0.6) is 0 Å². The first-order valence-electron chi connectivity index (χ1n) is 5.30. The fourth-order valence-electron chi connectivity index (χ4n) is 1.93. The maximum Gasteiger partial charge on any atom is 0.273 e. The van der Waals surface area contributed by atoms with Crippen LogP contribution in [0, 0.1) is 5.92 Å². The number of ether oxygens (including phenoxy) is 1. The number of nitrogens with two attached hydrogens (primary N) is 1. The molecule has 1 atom stereocenters. The van der Waals surface area contributed by atoms with Crippen LogP contribution in [0.1, 0.15) is 12.8 Å². The number of hydrogen-bond acceptors (Lipinski definition) is 3. The number of nitrogens with zero attached hydrogens (tertiary/aromatic N) is 1. The Balaban J connectivity index is 2.09. The molecule has 2 rings (SSSR count). The van der Waals surface area contributed by atoms with Gasteiger partial charge in [0.2, 0.25) is 0 Å². The molecule has 4 heteroatoms. The lowest BCUT2D eigenvalue weighted by Crippen LogP contribution is -2.29. The molecular formula is C11H16N2O2. The minimum atomic E-state index is -0.0944. The van der Waals surface area contributed by atoms with Crippen LogP contribution >= 0.6 is 0 Å². The van der Waals surface area contributed by atoms with E-state index in [1.165, 1.54) is 0 Å². The van der Waals surface area contributed by atoms with E-state index in [-0.39, 0.29) is 5.56 Å². The number of aromatic nitrogens is 1. The van der Waals surface area contributed by atoms with Crippen molar-refractivity contribution < 1.29 is 4.74 Å². The van der Waals surface area contributed by atoms with Gasteiger partial charge in [-0.25, -0.2) is 0 Å². The molecule has 0 aliphatic carbocycles. The standard InChI is InChI=1S/C11H16N2O2/c12-10-4-1-5-13(11(10)14)7-9-3-2-6-15-8-9/h1,4-5,9H,2-3,6-8,12H2. The van der Waals surface area contributed by atoms with Crippen molar-refractivity contribution in [3.8, 4) is 0 Å². The molecule has 0 spiro atoms. The molecular weight excluding hydrogens is 192 g/mol. The maximum absolute atomic E-state index is 11.6. The predicted molar refractivity (Wildman–Crippen MR) is 58.7 cm³/mol. The first kappa shape index (κ1) is 10.2. The summed E-state index contributed by atoms with van der Waals surface area (Å²) in [5.41, 5.74) is 5.78. The molecule has 1 saturated heterocycles. The molecule has 2 N–H and O–H groups in total. The Morgan fingerprint density at radius 3 is 3.20 bits per heavy atom. The summed E-state index contributed by atoms with van der Waals surface area (Å²) in [5, 5.41) is 0. The number of anilines is 1. The largest absolute Gasteiger partial charge is 0.394 e. The molecule has 2 heterocycles. The smallest absolute Gasteiger partial charge is 0.273 e. The molecule has 1 aromatic rings. The Labute approximate surface area is 88.7 Å². The van der Waals surface area contributed by atoms with Crippen LogP contribution in [0.25, 0.3) is 0 Å². The van der Waals surface area contributed by atoms with Crippen molar-refractivity contribution in [1.29, 1.82) is 0 Å². The summed E-state index contributed by atoms with van der Waals surface area (Å²) >= 11 is 0. The van der Waals surface area contributed by atoms with E-state index >= 15 is 0 Å². The Kier molecular flexibility index (Phi) is 3.06. The molecule has 1 aliphatic rings. The van der Waals surface area contributed by atoms with Gasteiger partial charge in [0.25, 0.3) is 5.56 Å². The predicted octanol–water partition coefficient (Wildman–Crippen LogP) is 0.857. The third-order valence-corrected chi connectivity index (χ3v) is 2.76. The average molecular weight is 208 g/mol. The highest BCUT2D eigenvalue weighted by molar-refractivity contribution is 5.33. The molecule has 1 aromatic heterocycles. The molecule has 1 fully saturated rings. The van der Waals surface area contributed by atoms with Gasteiger partial charge in [0.05, 0.1) is 12.3 Å². The Hall–Kier alpha value is -1.29. The van der Waals surface area contributed by atoms with Crippen LogP contribution < -0.4 is 11.3 Å². The van der Waals surface area contributed by atoms with Crippen LogP contribution in [0.2, 0.25) is 0 Å². The van der Waals surface area contributed by atoms with E-state index in [4.69, 9.17) is 10.5 Å². The van der Waals surface area contributed by atoms with Gasteiger partial charge < -0.3 is 15.0 Å². The van der Waals surface area contributed by atoms with Crippen LogP contribution in [0.3, 0.4) is 0 Å². The van der Waals surface area contributed by atoms with Crippen LogP contribution in [0.4, 0.5) is 5.69 Å². The van der Waals surface area contributed by atoms with Crippen molar-refractivity contribution in [1.82, 2.24) is 4.57 Å². The topological polar surface area (TPSA) is 57.2 Å². The lowest BCUT2D eigenvalue weighted by molar-refractivity contribution is 0.0480. The zero-order valence-corrected chi connectivity index (χ0v) is 8.69. The molecule has 0 saturated carbocycles. The first-order valence-corrected chi connectivity index (χ1v) is 5.30. The summed E-state index contributed by atoms with van der Waals surface area (Å²) in [7, 11) is 0. The van der Waals surface area contributed by atoms with Gasteiger partial charge in [0, 0.05) is 25.3 Å². The van der Waals surface area contributed by atoms with E-state index in [1.807, 2.05) is 0 Å². The first-order chi connectivity index (χ1) is 7.27. The average Bonchev–Trinajstić information content (AvgIpc) is 2.26. The zero-order chi connectivity index (χ0) is 10.7. The normalized spacial score (nSPS) is 21.5. The summed E-state index contributed by atoms with van der Waals surface area (Å²) < 4.78 is 7.05. The fourth-order valence-corrected chi connectivity index (χ4v) is 1.93. The van der Waals surface area contributed by atoms with E-state index in [1.54, 1.807) is 22.9 Å². The summed E-state index contributed by atoms with van der Waals surface area (Å²) in [6.45, 7) is 2.31. The molecule has 0 aromatic carbocycles. The van der Waals surface area contributed by atoms with Gasteiger partial charge in [-0.15, -0.1) is 0 Å². The van der Waals surface area contributed by atoms with Gasteiger partial charge in [0.1, 0.15) is 0 Å². The van der Waals surface area contributed by atoms with Gasteiger partial charge >= 0.3 is 0 Å². The highest BCUT2D eigenvalue weighted by Gasteiger charge is 2.14. The zero-order valence-electron chi connectivity index (χ0n) is 8.69. The Bertz CT molecular complexity index is 380. The SMILES string of the molecule is Nc1cccn(CC2CCCOC2)c1=O. The molecule has 0 radical (unpaired) electrons. The van der Waals surface area contributed by atoms with Gasteiger partial charge in [-0.05, 0) is 25.0 Å². The second kappa shape index (κ2) is 4.49. The molecule has 82 valence electrons. The highest BCUT2D eigenvalue weighted by atomic mass is 16.5. The summed E-state index contributed by atoms with van der Waals surface area (Å²) in [6, 6.07) is 3.44. The van der Waals surface area contributed by atoms with Crippen molar-refractivity contribution in [2.75, 3.05) is 18.9 Å².